The number of aliphatic hydroxyl groups excluding tert-OH is 1. The number of carbonyl (C=O) groups excluding carboxylic acids is 3. The average molecular weight is 576 g/mol. The van der Waals surface area contributed by atoms with Gasteiger partial charge in [-0.3, -0.25) is 14.4 Å². The van der Waals surface area contributed by atoms with Crippen LogP contribution in [0, 0.1) is 0 Å². The molecule has 2 aliphatic rings. The van der Waals surface area contributed by atoms with Gasteiger partial charge in [0.15, 0.2) is 0 Å². The summed E-state index contributed by atoms with van der Waals surface area (Å²) in [7, 11) is 0. The molecular formula is C29H36Cl2N4O4. The fourth-order valence-electron chi connectivity index (χ4n) is 5.31. The van der Waals surface area contributed by atoms with Gasteiger partial charge in [0.05, 0.1) is 16.1 Å². The normalized spacial score (nSPS) is 22.6. The smallest absolute Gasteiger partial charge is 0.251 e. The van der Waals surface area contributed by atoms with Gasteiger partial charge in [0.2, 0.25) is 11.8 Å². The minimum absolute atomic E-state index is 0.0242. The number of hydrogen-bond acceptors (Lipinski definition) is 5. The van der Waals surface area contributed by atoms with Crippen molar-refractivity contribution in [1.82, 2.24) is 20.4 Å². The molecule has 0 aliphatic carbocycles. The number of rotatable bonds is 10. The highest BCUT2D eigenvalue weighted by Crippen LogP contribution is 2.24. The van der Waals surface area contributed by atoms with E-state index in [1.165, 1.54) is 16.5 Å². The van der Waals surface area contributed by atoms with Crippen LogP contribution in [0.1, 0.15) is 60.9 Å². The van der Waals surface area contributed by atoms with Crippen LogP contribution in [-0.4, -0.2) is 77.1 Å². The van der Waals surface area contributed by atoms with E-state index in [1.54, 1.807) is 12.1 Å². The zero-order chi connectivity index (χ0) is 27.9. The van der Waals surface area contributed by atoms with Gasteiger partial charge < -0.3 is 25.5 Å². The Hall–Kier alpha value is -2.65. The third-order valence-corrected chi connectivity index (χ3v) is 8.38. The molecule has 0 spiro atoms. The van der Waals surface area contributed by atoms with Gasteiger partial charge in [-0.1, -0.05) is 60.5 Å². The van der Waals surface area contributed by atoms with Gasteiger partial charge in [0, 0.05) is 56.5 Å². The second-order valence-corrected chi connectivity index (χ2v) is 11.1. The number of amides is 3. The first-order chi connectivity index (χ1) is 18.8. The standard InChI is InChI=1S/C29H36Cl2N4O4/c1-2-19(20-6-4-3-5-7-20)18-34-14-12-22(17-32-28(38)21-8-9-23(30)24(31)16-21)33-25(29(34)39)13-15-35-26(36)10-11-27(35)37/h3-9,16,19,22,25-26,33,36H,2,10-15,17-18H2,1H3,(H,32,38)/t19-,22+,25+,26?/m1/s1. The van der Waals surface area contributed by atoms with E-state index < -0.39 is 12.3 Å². The maximum absolute atomic E-state index is 13.8. The monoisotopic (exact) mass is 574 g/mol. The van der Waals surface area contributed by atoms with Crippen LogP contribution in [0.2, 0.25) is 10.0 Å². The Morgan fingerprint density at radius 3 is 2.56 bits per heavy atom. The fourth-order valence-corrected chi connectivity index (χ4v) is 5.61. The molecule has 2 aromatic carbocycles. The first-order valence-corrected chi connectivity index (χ1v) is 14.3. The van der Waals surface area contributed by atoms with Gasteiger partial charge >= 0.3 is 0 Å². The Morgan fingerprint density at radius 1 is 1.13 bits per heavy atom. The summed E-state index contributed by atoms with van der Waals surface area (Å²) in [6.45, 7) is 3.86. The Balaban J connectivity index is 1.46. The molecule has 39 heavy (non-hydrogen) atoms. The summed E-state index contributed by atoms with van der Waals surface area (Å²) in [5.74, 6) is -0.200. The maximum atomic E-state index is 13.8. The molecule has 2 heterocycles. The largest absolute Gasteiger partial charge is 0.374 e. The molecule has 3 amide bonds. The third-order valence-electron chi connectivity index (χ3n) is 7.64. The minimum Gasteiger partial charge on any atom is -0.374 e. The molecule has 2 fully saturated rings. The van der Waals surface area contributed by atoms with Crippen molar-refractivity contribution in [2.75, 3.05) is 26.2 Å². The molecule has 2 aliphatic heterocycles. The molecule has 4 rings (SSSR count). The van der Waals surface area contributed by atoms with Crippen molar-refractivity contribution in [1.29, 1.82) is 0 Å². The highest BCUT2D eigenvalue weighted by Gasteiger charge is 2.35. The van der Waals surface area contributed by atoms with Gasteiger partial charge in [-0.05, 0) is 43.0 Å². The van der Waals surface area contributed by atoms with E-state index in [4.69, 9.17) is 23.2 Å². The number of likely N-dealkylation sites (tertiary alicyclic amines) is 1. The quantitative estimate of drug-likeness (QED) is 0.400. The molecule has 2 saturated heterocycles. The van der Waals surface area contributed by atoms with E-state index in [9.17, 15) is 19.5 Å². The van der Waals surface area contributed by atoms with Crippen LogP contribution in [0.5, 0.6) is 0 Å². The molecular weight excluding hydrogens is 539 g/mol. The topological polar surface area (TPSA) is 102 Å². The number of nitrogens with one attached hydrogen (secondary N) is 2. The number of carbonyl (C=O) groups is 3. The molecule has 4 atom stereocenters. The highest BCUT2D eigenvalue weighted by atomic mass is 35.5. The van der Waals surface area contributed by atoms with Crippen LogP contribution < -0.4 is 10.6 Å². The lowest BCUT2D eigenvalue weighted by atomic mass is 9.95. The summed E-state index contributed by atoms with van der Waals surface area (Å²) in [6, 6.07) is 14.2. The first kappa shape index (κ1) is 29.3. The van der Waals surface area contributed by atoms with Crippen molar-refractivity contribution >= 4 is 40.9 Å². The van der Waals surface area contributed by atoms with Crippen LogP contribution in [0.15, 0.2) is 48.5 Å². The van der Waals surface area contributed by atoms with Crippen molar-refractivity contribution < 1.29 is 19.5 Å². The van der Waals surface area contributed by atoms with Gasteiger partial charge in [0.1, 0.15) is 6.23 Å². The zero-order valence-electron chi connectivity index (χ0n) is 22.1. The molecule has 210 valence electrons. The van der Waals surface area contributed by atoms with Crippen LogP contribution in [0.25, 0.3) is 0 Å². The number of halogens is 2. The van der Waals surface area contributed by atoms with Crippen molar-refractivity contribution in [2.24, 2.45) is 0 Å². The number of benzene rings is 2. The summed E-state index contributed by atoms with van der Waals surface area (Å²) >= 11 is 12.0. The van der Waals surface area contributed by atoms with Crippen molar-refractivity contribution in [3.63, 3.8) is 0 Å². The van der Waals surface area contributed by atoms with Gasteiger partial charge in [0.25, 0.3) is 5.91 Å². The summed E-state index contributed by atoms with van der Waals surface area (Å²) in [6.07, 6.45) is 1.84. The summed E-state index contributed by atoms with van der Waals surface area (Å²) in [4.78, 5) is 42.1. The third kappa shape index (κ3) is 7.51. The van der Waals surface area contributed by atoms with Crippen molar-refractivity contribution in [3.05, 3.63) is 69.7 Å². The highest BCUT2D eigenvalue weighted by molar-refractivity contribution is 6.42. The zero-order valence-corrected chi connectivity index (χ0v) is 23.6. The second kappa shape index (κ2) is 13.6. The van der Waals surface area contributed by atoms with Gasteiger partial charge in [-0.25, -0.2) is 0 Å². The molecule has 0 aromatic heterocycles. The minimum atomic E-state index is -0.807. The van der Waals surface area contributed by atoms with Crippen LogP contribution >= 0.6 is 23.2 Å². The molecule has 0 radical (unpaired) electrons. The molecule has 10 heteroatoms. The Labute approximate surface area is 239 Å². The lowest BCUT2D eigenvalue weighted by molar-refractivity contribution is -0.136. The Morgan fingerprint density at radius 2 is 1.90 bits per heavy atom. The lowest BCUT2D eigenvalue weighted by Gasteiger charge is -2.29. The van der Waals surface area contributed by atoms with Crippen LogP contribution in [-0.2, 0) is 9.59 Å². The SMILES string of the molecule is CC[C@H](CN1CC[C@@H](CNC(=O)c2ccc(Cl)c(Cl)c2)N[C@@H](CCN2C(=O)CCC2O)C1=O)c1ccccc1. The fraction of sp³-hybridized carbons (Fsp3) is 0.483. The van der Waals surface area contributed by atoms with E-state index in [0.29, 0.717) is 60.9 Å². The van der Waals surface area contributed by atoms with E-state index in [0.717, 1.165) is 6.42 Å². The summed E-state index contributed by atoms with van der Waals surface area (Å²) in [5.41, 5.74) is 1.60. The molecule has 1 unspecified atom stereocenters. The first-order valence-electron chi connectivity index (χ1n) is 13.6. The van der Waals surface area contributed by atoms with E-state index in [2.05, 4.69) is 29.7 Å². The summed E-state index contributed by atoms with van der Waals surface area (Å²) in [5, 5.41) is 17.3. The van der Waals surface area contributed by atoms with Gasteiger partial charge in [-0.2, -0.15) is 0 Å². The lowest BCUT2D eigenvalue weighted by Crippen LogP contribution is -2.50. The molecule has 2 aromatic rings. The number of nitrogens with zero attached hydrogens (tertiary/aromatic N) is 2. The molecule has 3 N–H and O–H groups in total. The molecule has 8 nitrogen and oxygen atoms in total. The predicted octanol–water partition coefficient (Wildman–Crippen LogP) is 3.81. The average Bonchev–Trinajstić information content (AvgIpc) is 3.18. The Bertz CT molecular complexity index is 1170. The van der Waals surface area contributed by atoms with E-state index in [1.807, 2.05) is 23.1 Å². The molecule has 0 saturated carbocycles. The van der Waals surface area contributed by atoms with E-state index in [-0.39, 0.29) is 36.2 Å². The number of aliphatic hydroxyl groups is 1. The number of hydrogen-bond donors (Lipinski definition) is 3. The maximum Gasteiger partial charge on any atom is 0.251 e. The van der Waals surface area contributed by atoms with Crippen LogP contribution in [0.3, 0.4) is 0 Å². The van der Waals surface area contributed by atoms with Crippen molar-refractivity contribution in [2.45, 2.75) is 63.3 Å². The van der Waals surface area contributed by atoms with E-state index >= 15 is 0 Å². The second-order valence-electron chi connectivity index (χ2n) is 10.2. The predicted molar refractivity (Wildman–Crippen MR) is 152 cm³/mol. The van der Waals surface area contributed by atoms with Crippen LogP contribution in [0.4, 0.5) is 0 Å². The van der Waals surface area contributed by atoms with Gasteiger partial charge in [-0.15, -0.1) is 0 Å². The Kier molecular flexibility index (Phi) is 10.2. The summed E-state index contributed by atoms with van der Waals surface area (Å²) < 4.78 is 0. The molecule has 0 bridgehead atoms. The van der Waals surface area contributed by atoms with Crippen molar-refractivity contribution in [3.8, 4) is 0 Å².